The van der Waals surface area contributed by atoms with Gasteiger partial charge in [-0.15, -0.1) is 6.58 Å². The Morgan fingerprint density at radius 2 is 2.07 bits per heavy atom. The SMILES string of the molecule is C=CCc1ccccc1OCS(=O)(=O)O. The first kappa shape index (κ1) is 11.7. The van der Waals surface area contributed by atoms with E-state index in [0.717, 1.165) is 5.56 Å². The number of ether oxygens (including phenoxy) is 1. The molecule has 0 aliphatic rings. The number of benzene rings is 1. The Morgan fingerprint density at radius 1 is 1.40 bits per heavy atom. The molecule has 0 radical (unpaired) electrons. The third-order valence-corrected chi connectivity index (χ3v) is 2.12. The fraction of sp³-hybridized carbons (Fsp3) is 0.200. The van der Waals surface area contributed by atoms with Gasteiger partial charge in [-0.1, -0.05) is 24.3 Å². The summed E-state index contributed by atoms with van der Waals surface area (Å²) in [5.41, 5.74) is 0.830. The van der Waals surface area contributed by atoms with Crippen molar-refractivity contribution in [1.82, 2.24) is 0 Å². The van der Waals surface area contributed by atoms with Gasteiger partial charge in [-0.25, -0.2) is 0 Å². The third-order valence-electron chi connectivity index (χ3n) is 1.70. The smallest absolute Gasteiger partial charge is 0.300 e. The Bertz CT molecular complexity index is 436. The van der Waals surface area contributed by atoms with Gasteiger partial charge >= 0.3 is 10.1 Å². The lowest BCUT2D eigenvalue weighted by molar-refractivity contribution is 0.350. The molecule has 0 spiro atoms. The Balaban J connectivity index is 2.80. The number of hydrogen-bond acceptors (Lipinski definition) is 3. The average Bonchev–Trinajstić information content (AvgIpc) is 2.16. The Labute approximate surface area is 88.9 Å². The van der Waals surface area contributed by atoms with Gasteiger partial charge in [0, 0.05) is 0 Å². The minimum Gasteiger partial charge on any atom is -0.475 e. The molecule has 15 heavy (non-hydrogen) atoms. The predicted octanol–water partition coefficient (Wildman–Crippen LogP) is 1.64. The molecule has 0 fully saturated rings. The lowest BCUT2D eigenvalue weighted by Crippen LogP contribution is -2.11. The maximum Gasteiger partial charge on any atom is 0.300 e. The van der Waals surface area contributed by atoms with Gasteiger partial charge in [0.1, 0.15) is 5.75 Å². The van der Waals surface area contributed by atoms with E-state index in [1.165, 1.54) is 0 Å². The highest BCUT2D eigenvalue weighted by atomic mass is 32.2. The first-order chi connectivity index (χ1) is 7.03. The molecule has 0 bridgehead atoms. The standard InChI is InChI=1S/C10H12O4S/c1-2-5-9-6-3-4-7-10(9)14-8-15(11,12)13/h2-4,6-7H,1,5,8H2,(H,11,12,13). The molecule has 1 rings (SSSR count). The molecular weight excluding hydrogens is 216 g/mol. The van der Waals surface area contributed by atoms with Crippen molar-refractivity contribution >= 4 is 10.1 Å². The summed E-state index contributed by atoms with van der Waals surface area (Å²) in [6, 6.07) is 7.00. The van der Waals surface area contributed by atoms with E-state index >= 15 is 0 Å². The molecule has 0 saturated carbocycles. The van der Waals surface area contributed by atoms with Crippen LogP contribution in [0.5, 0.6) is 5.75 Å². The molecule has 82 valence electrons. The molecule has 1 aromatic carbocycles. The highest BCUT2D eigenvalue weighted by Gasteiger charge is 2.07. The zero-order chi connectivity index (χ0) is 11.3. The second kappa shape index (κ2) is 4.95. The Hall–Kier alpha value is -1.33. The molecule has 0 aliphatic heterocycles. The number of rotatable bonds is 5. The van der Waals surface area contributed by atoms with E-state index in [1.54, 1.807) is 24.3 Å². The van der Waals surface area contributed by atoms with Crippen LogP contribution in [0.15, 0.2) is 36.9 Å². The van der Waals surface area contributed by atoms with E-state index in [2.05, 4.69) is 6.58 Å². The topological polar surface area (TPSA) is 63.6 Å². The van der Waals surface area contributed by atoms with Crippen LogP contribution in [0.4, 0.5) is 0 Å². The van der Waals surface area contributed by atoms with E-state index < -0.39 is 16.1 Å². The summed E-state index contributed by atoms with van der Waals surface area (Å²) in [7, 11) is -4.10. The van der Waals surface area contributed by atoms with Crippen LogP contribution in [0.25, 0.3) is 0 Å². The molecular formula is C10H12O4S. The van der Waals surface area contributed by atoms with Crippen molar-refractivity contribution in [3.63, 3.8) is 0 Å². The van der Waals surface area contributed by atoms with Gasteiger partial charge < -0.3 is 4.74 Å². The summed E-state index contributed by atoms with van der Waals surface area (Å²) in [4.78, 5) is 0. The third kappa shape index (κ3) is 4.14. The minimum atomic E-state index is -4.10. The molecule has 5 heteroatoms. The van der Waals surface area contributed by atoms with E-state index in [9.17, 15) is 8.42 Å². The van der Waals surface area contributed by atoms with Crippen molar-refractivity contribution in [1.29, 1.82) is 0 Å². The fourth-order valence-corrected chi connectivity index (χ4v) is 1.38. The quantitative estimate of drug-likeness (QED) is 0.614. The molecule has 0 atom stereocenters. The summed E-state index contributed by atoms with van der Waals surface area (Å²) in [6.45, 7) is 3.58. The first-order valence-corrected chi connectivity index (χ1v) is 5.90. The molecule has 0 saturated heterocycles. The van der Waals surface area contributed by atoms with Gasteiger partial charge in [-0.05, 0) is 18.1 Å². The second-order valence-corrected chi connectivity index (χ2v) is 4.34. The van der Waals surface area contributed by atoms with E-state index in [-0.39, 0.29) is 0 Å². The van der Waals surface area contributed by atoms with Gasteiger partial charge in [0.25, 0.3) is 0 Å². The average molecular weight is 228 g/mol. The van der Waals surface area contributed by atoms with Crippen LogP contribution in [-0.4, -0.2) is 18.9 Å². The van der Waals surface area contributed by atoms with Crippen LogP contribution in [0.2, 0.25) is 0 Å². The van der Waals surface area contributed by atoms with Crippen molar-refractivity contribution < 1.29 is 17.7 Å². The normalized spacial score (nSPS) is 11.0. The van der Waals surface area contributed by atoms with Crippen LogP contribution in [0, 0.1) is 0 Å². The molecule has 0 heterocycles. The predicted molar refractivity (Wildman–Crippen MR) is 57.4 cm³/mol. The van der Waals surface area contributed by atoms with Gasteiger partial charge in [-0.3, -0.25) is 4.55 Å². The monoisotopic (exact) mass is 228 g/mol. The molecule has 1 N–H and O–H groups in total. The maximum atomic E-state index is 10.5. The zero-order valence-corrected chi connectivity index (χ0v) is 8.90. The minimum absolute atomic E-state index is 0.440. The van der Waals surface area contributed by atoms with Crippen LogP contribution in [0.1, 0.15) is 5.56 Å². The van der Waals surface area contributed by atoms with E-state index in [1.807, 2.05) is 6.07 Å². The second-order valence-electron chi connectivity index (χ2n) is 2.94. The molecule has 4 nitrogen and oxygen atoms in total. The summed E-state index contributed by atoms with van der Waals surface area (Å²) in [6.07, 6.45) is 2.28. The van der Waals surface area contributed by atoms with Crippen molar-refractivity contribution in [3.05, 3.63) is 42.5 Å². The van der Waals surface area contributed by atoms with Crippen molar-refractivity contribution in [2.45, 2.75) is 6.42 Å². The van der Waals surface area contributed by atoms with Crippen LogP contribution < -0.4 is 4.74 Å². The van der Waals surface area contributed by atoms with Gasteiger partial charge in [0.15, 0.2) is 0 Å². The van der Waals surface area contributed by atoms with Gasteiger partial charge in [-0.2, -0.15) is 8.42 Å². The van der Waals surface area contributed by atoms with Crippen molar-refractivity contribution in [3.8, 4) is 5.75 Å². The number of allylic oxidation sites excluding steroid dienone is 1. The fourth-order valence-electron chi connectivity index (χ4n) is 1.11. The summed E-state index contributed by atoms with van der Waals surface area (Å²) >= 11 is 0. The number of hydrogen-bond donors (Lipinski definition) is 1. The zero-order valence-electron chi connectivity index (χ0n) is 8.09. The summed E-state index contributed by atoms with van der Waals surface area (Å²) in [5.74, 6) is -0.295. The highest BCUT2D eigenvalue weighted by Crippen LogP contribution is 2.18. The maximum absolute atomic E-state index is 10.5. The van der Waals surface area contributed by atoms with E-state index in [4.69, 9.17) is 9.29 Å². The number of para-hydroxylation sites is 1. The largest absolute Gasteiger partial charge is 0.475 e. The van der Waals surface area contributed by atoms with Gasteiger partial charge in [0.05, 0.1) is 0 Å². The lowest BCUT2D eigenvalue weighted by atomic mass is 10.1. The molecule has 0 aromatic heterocycles. The first-order valence-electron chi connectivity index (χ1n) is 4.29. The van der Waals surface area contributed by atoms with Gasteiger partial charge in [0.2, 0.25) is 5.94 Å². The Morgan fingerprint density at radius 3 is 2.67 bits per heavy atom. The highest BCUT2D eigenvalue weighted by molar-refractivity contribution is 7.85. The lowest BCUT2D eigenvalue weighted by Gasteiger charge is -2.08. The molecule has 0 unspecified atom stereocenters. The molecule has 1 aromatic rings. The van der Waals surface area contributed by atoms with Crippen LogP contribution >= 0.6 is 0 Å². The van der Waals surface area contributed by atoms with Crippen molar-refractivity contribution in [2.24, 2.45) is 0 Å². The Kier molecular flexibility index (Phi) is 3.88. The van der Waals surface area contributed by atoms with Crippen LogP contribution in [-0.2, 0) is 16.5 Å². The van der Waals surface area contributed by atoms with Crippen LogP contribution in [0.3, 0.4) is 0 Å². The molecule has 0 amide bonds. The van der Waals surface area contributed by atoms with Crippen molar-refractivity contribution in [2.75, 3.05) is 5.94 Å². The van der Waals surface area contributed by atoms with E-state index in [0.29, 0.717) is 12.2 Å². The molecule has 0 aliphatic carbocycles. The summed E-state index contributed by atoms with van der Waals surface area (Å²) in [5, 5.41) is 0. The summed E-state index contributed by atoms with van der Waals surface area (Å²) < 4.78 is 34.5.